The van der Waals surface area contributed by atoms with Crippen LogP contribution in [0.3, 0.4) is 0 Å². The van der Waals surface area contributed by atoms with Crippen molar-refractivity contribution in [3.05, 3.63) is 59.2 Å². The number of carbonyl (C=O) groups is 1. The van der Waals surface area contributed by atoms with Crippen molar-refractivity contribution in [2.45, 2.75) is 0 Å². The number of amides is 1. The smallest absolute Gasteiger partial charge is 0.256 e. The topological polar surface area (TPSA) is 85.1 Å². The molecule has 0 radical (unpaired) electrons. The molecule has 0 aliphatic carbocycles. The summed E-state index contributed by atoms with van der Waals surface area (Å²) >= 11 is 1.50. The Morgan fingerprint density at radius 3 is 2.80 bits per heavy atom. The van der Waals surface area contributed by atoms with E-state index >= 15 is 0 Å². The van der Waals surface area contributed by atoms with E-state index in [-0.39, 0.29) is 11.7 Å². The van der Waals surface area contributed by atoms with Gasteiger partial charge < -0.3 is 19.9 Å². The molecule has 3 heterocycles. The summed E-state index contributed by atoms with van der Waals surface area (Å²) in [5.41, 5.74) is 3.93. The quantitative estimate of drug-likeness (QED) is 0.381. The molecule has 30 heavy (non-hydrogen) atoms. The molecule has 1 amide bonds. The summed E-state index contributed by atoms with van der Waals surface area (Å²) in [6, 6.07) is 10.3. The zero-order valence-electron chi connectivity index (χ0n) is 16.2. The highest BCUT2D eigenvalue weighted by molar-refractivity contribution is 7.15. The second-order valence-corrected chi connectivity index (χ2v) is 7.58. The molecule has 8 heteroatoms. The number of fused-ring (bicyclic) bond motifs is 2. The van der Waals surface area contributed by atoms with Crippen molar-refractivity contribution in [2.24, 2.45) is 0 Å². The Balaban J connectivity index is 1.77. The summed E-state index contributed by atoms with van der Waals surface area (Å²) in [6.45, 7) is 0. The van der Waals surface area contributed by atoms with E-state index < -0.39 is 0 Å². The number of aromatic hydroxyl groups is 1. The Labute approximate surface area is 175 Å². The summed E-state index contributed by atoms with van der Waals surface area (Å²) in [4.78, 5) is 18.3. The van der Waals surface area contributed by atoms with Crippen molar-refractivity contribution in [1.29, 1.82) is 0 Å². The molecule has 2 N–H and O–H groups in total. The van der Waals surface area contributed by atoms with Gasteiger partial charge in [0, 0.05) is 28.4 Å². The number of hydrogen-bond acceptors (Lipinski definition) is 6. The third-order valence-corrected chi connectivity index (χ3v) is 5.78. The first kappa shape index (κ1) is 18.3. The monoisotopic (exact) mass is 419 g/mol. The van der Waals surface area contributed by atoms with Gasteiger partial charge in [-0.3, -0.25) is 9.20 Å². The Hall–Kier alpha value is -3.78. The lowest BCUT2D eigenvalue weighted by Gasteiger charge is -2.10. The molecule has 2 aromatic carbocycles. The van der Waals surface area contributed by atoms with Crippen LogP contribution in [-0.2, 0) is 4.79 Å². The maximum atomic E-state index is 12.7. The van der Waals surface area contributed by atoms with Gasteiger partial charge in [-0.1, -0.05) is 0 Å². The van der Waals surface area contributed by atoms with E-state index in [1.165, 1.54) is 11.3 Å². The SMILES string of the molecule is COc1ccc(OC)c(-c2nc3sccn3c2/C=C2/C(=O)Nc3ccc(O)cc32)c1. The van der Waals surface area contributed by atoms with Gasteiger partial charge in [0.1, 0.15) is 22.9 Å². The zero-order valence-corrected chi connectivity index (χ0v) is 17.0. The average Bonchev–Trinajstić information content (AvgIpc) is 3.42. The molecule has 0 saturated carbocycles. The molecule has 1 aliphatic heterocycles. The number of benzene rings is 2. The second kappa shape index (κ2) is 6.93. The minimum atomic E-state index is -0.232. The maximum Gasteiger partial charge on any atom is 0.256 e. The fraction of sp³-hybridized carbons (Fsp3) is 0.0909. The fourth-order valence-corrected chi connectivity index (χ4v) is 4.32. The first-order valence-corrected chi connectivity index (χ1v) is 10.0. The first-order chi connectivity index (χ1) is 14.6. The largest absolute Gasteiger partial charge is 0.508 e. The summed E-state index contributed by atoms with van der Waals surface area (Å²) < 4.78 is 12.9. The van der Waals surface area contributed by atoms with Gasteiger partial charge in [-0.25, -0.2) is 4.98 Å². The minimum absolute atomic E-state index is 0.0970. The number of thiazole rings is 1. The molecule has 0 bridgehead atoms. The minimum Gasteiger partial charge on any atom is -0.508 e. The Morgan fingerprint density at radius 1 is 1.13 bits per heavy atom. The van der Waals surface area contributed by atoms with Crippen LogP contribution in [0, 0.1) is 0 Å². The third kappa shape index (κ3) is 2.81. The molecular weight excluding hydrogens is 402 g/mol. The molecule has 5 rings (SSSR count). The van der Waals surface area contributed by atoms with Gasteiger partial charge in [0.2, 0.25) is 0 Å². The van der Waals surface area contributed by atoms with Crippen molar-refractivity contribution >= 4 is 39.5 Å². The zero-order chi connectivity index (χ0) is 20.8. The van der Waals surface area contributed by atoms with E-state index in [4.69, 9.17) is 14.5 Å². The van der Waals surface area contributed by atoms with Gasteiger partial charge in [-0.05, 0) is 42.5 Å². The lowest BCUT2D eigenvalue weighted by Crippen LogP contribution is -2.04. The van der Waals surface area contributed by atoms with E-state index in [2.05, 4.69) is 5.32 Å². The van der Waals surface area contributed by atoms with E-state index in [0.717, 1.165) is 16.2 Å². The van der Waals surface area contributed by atoms with Gasteiger partial charge in [-0.15, -0.1) is 11.3 Å². The number of nitrogens with one attached hydrogen (secondary N) is 1. The normalized spacial score (nSPS) is 14.2. The number of anilines is 1. The highest BCUT2D eigenvalue weighted by atomic mass is 32.1. The van der Waals surface area contributed by atoms with Crippen LogP contribution >= 0.6 is 11.3 Å². The van der Waals surface area contributed by atoms with Crippen LogP contribution in [0.25, 0.3) is 27.9 Å². The van der Waals surface area contributed by atoms with Crippen molar-refractivity contribution < 1.29 is 19.4 Å². The van der Waals surface area contributed by atoms with Crippen LogP contribution in [0.4, 0.5) is 5.69 Å². The third-order valence-electron chi connectivity index (χ3n) is 5.03. The Kier molecular flexibility index (Phi) is 4.22. The van der Waals surface area contributed by atoms with Crippen molar-refractivity contribution in [1.82, 2.24) is 9.38 Å². The molecule has 4 aromatic rings. The number of nitrogens with zero attached hydrogens (tertiary/aromatic N) is 2. The van der Waals surface area contributed by atoms with Crippen molar-refractivity contribution in [2.75, 3.05) is 19.5 Å². The van der Waals surface area contributed by atoms with E-state index in [9.17, 15) is 9.90 Å². The van der Waals surface area contributed by atoms with Gasteiger partial charge in [-0.2, -0.15) is 0 Å². The van der Waals surface area contributed by atoms with Crippen LogP contribution < -0.4 is 14.8 Å². The Bertz CT molecular complexity index is 1340. The summed E-state index contributed by atoms with van der Waals surface area (Å²) in [7, 11) is 3.21. The fourth-order valence-electron chi connectivity index (χ4n) is 3.59. The molecule has 0 fully saturated rings. The number of phenolic OH excluding ortho intramolecular Hbond substituents is 1. The lowest BCUT2D eigenvalue weighted by molar-refractivity contribution is -0.110. The molecule has 0 spiro atoms. The summed E-state index contributed by atoms with van der Waals surface area (Å²) in [6.07, 6.45) is 3.70. The number of methoxy groups -OCH3 is 2. The number of carbonyl (C=O) groups excluding carboxylic acids is 1. The molecule has 0 saturated heterocycles. The maximum absolute atomic E-state index is 12.7. The number of phenols is 1. The lowest BCUT2D eigenvalue weighted by atomic mass is 10.0. The highest BCUT2D eigenvalue weighted by Gasteiger charge is 2.26. The van der Waals surface area contributed by atoms with Crippen molar-refractivity contribution in [3.63, 3.8) is 0 Å². The van der Waals surface area contributed by atoms with Crippen LogP contribution in [0.1, 0.15) is 11.3 Å². The molecule has 1 aliphatic rings. The molecule has 0 atom stereocenters. The molecule has 0 unspecified atom stereocenters. The van der Waals surface area contributed by atoms with Crippen LogP contribution in [-0.4, -0.2) is 34.6 Å². The molecule has 2 aromatic heterocycles. The van der Waals surface area contributed by atoms with Gasteiger partial charge in [0.25, 0.3) is 5.91 Å². The predicted octanol–water partition coefficient (Wildman–Crippen LogP) is 4.28. The number of rotatable bonds is 4. The number of aromatic nitrogens is 2. The first-order valence-electron chi connectivity index (χ1n) is 9.13. The molecule has 150 valence electrons. The average molecular weight is 419 g/mol. The van der Waals surface area contributed by atoms with Crippen molar-refractivity contribution in [3.8, 4) is 28.5 Å². The number of imidazole rings is 1. The van der Waals surface area contributed by atoms with Gasteiger partial charge in [0.15, 0.2) is 4.96 Å². The number of ether oxygens (including phenoxy) is 2. The van der Waals surface area contributed by atoms with Crippen LogP contribution in [0.5, 0.6) is 17.2 Å². The van der Waals surface area contributed by atoms with Crippen LogP contribution in [0.2, 0.25) is 0 Å². The highest BCUT2D eigenvalue weighted by Crippen LogP contribution is 2.40. The number of hydrogen-bond donors (Lipinski definition) is 2. The second-order valence-electron chi connectivity index (χ2n) is 6.71. The van der Waals surface area contributed by atoms with Crippen LogP contribution in [0.15, 0.2) is 48.0 Å². The molecule has 7 nitrogen and oxygen atoms in total. The predicted molar refractivity (Wildman–Crippen MR) is 116 cm³/mol. The van der Waals surface area contributed by atoms with Gasteiger partial charge >= 0.3 is 0 Å². The van der Waals surface area contributed by atoms with Gasteiger partial charge in [0.05, 0.1) is 25.5 Å². The standard InChI is InChI=1S/C22H17N3O4S/c1-28-13-4-6-19(29-2)16(10-13)20-18(25-7-8-30-22(25)24-20)11-15-14-9-12(26)3-5-17(14)23-21(15)27/h3-11,26H,1-2H3,(H,23,27)/b15-11+. The van der Waals surface area contributed by atoms with E-state index in [1.807, 2.05) is 34.2 Å². The molecular formula is C22H17N3O4S. The van der Waals surface area contributed by atoms with E-state index in [1.54, 1.807) is 38.5 Å². The Morgan fingerprint density at radius 2 is 2.00 bits per heavy atom. The summed E-state index contributed by atoms with van der Waals surface area (Å²) in [5.74, 6) is 1.19. The summed E-state index contributed by atoms with van der Waals surface area (Å²) in [5, 5.41) is 14.7. The van der Waals surface area contributed by atoms with E-state index in [0.29, 0.717) is 34.0 Å².